The molecule has 3 heterocycles. The monoisotopic (exact) mass is 343 g/mol. The summed E-state index contributed by atoms with van der Waals surface area (Å²) >= 11 is 0. The lowest BCUT2D eigenvalue weighted by Gasteiger charge is -2.26. The maximum Gasteiger partial charge on any atom is 0.129 e. The Kier molecular flexibility index (Phi) is 4.65. The molecule has 4 rings (SSSR count). The van der Waals surface area contributed by atoms with Crippen molar-refractivity contribution in [3.63, 3.8) is 0 Å². The Labute approximate surface area is 148 Å². The number of ether oxygens (including phenoxy) is 2. The van der Waals surface area contributed by atoms with Crippen molar-refractivity contribution in [2.24, 2.45) is 0 Å². The van der Waals surface area contributed by atoms with E-state index in [0.29, 0.717) is 32.2 Å². The molecular formula is C20H25NO4. The molecule has 5 heteroatoms. The summed E-state index contributed by atoms with van der Waals surface area (Å²) in [4.78, 5) is 2.22. The number of hydrogen-bond acceptors (Lipinski definition) is 5. The average Bonchev–Trinajstić information content (AvgIpc) is 3.31. The van der Waals surface area contributed by atoms with Crippen LogP contribution in [0, 0.1) is 0 Å². The summed E-state index contributed by atoms with van der Waals surface area (Å²) in [6, 6.07) is 14.4. The van der Waals surface area contributed by atoms with Gasteiger partial charge in [0.15, 0.2) is 0 Å². The highest BCUT2D eigenvalue weighted by atomic mass is 16.5. The van der Waals surface area contributed by atoms with Crippen LogP contribution < -0.4 is 0 Å². The van der Waals surface area contributed by atoms with E-state index in [1.807, 2.05) is 18.2 Å². The van der Waals surface area contributed by atoms with E-state index < -0.39 is 11.7 Å². The fraction of sp³-hybridized carbons (Fsp3) is 0.500. The van der Waals surface area contributed by atoms with Gasteiger partial charge in [-0.15, -0.1) is 0 Å². The SMILES string of the molecule is COCc1ccc(CN2C[C@@H](O)[C@@]3(C[C@H](c4ccccc4)CO3)C2)o1. The van der Waals surface area contributed by atoms with E-state index in [2.05, 4.69) is 29.2 Å². The number of hydrogen-bond donors (Lipinski definition) is 1. The molecule has 3 atom stereocenters. The van der Waals surface area contributed by atoms with Crippen LogP contribution in [0.5, 0.6) is 0 Å². The molecule has 1 aromatic carbocycles. The second-order valence-corrected chi connectivity index (χ2v) is 7.17. The third-order valence-corrected chi connectivity index (χ3v) is 5.35. The van der Waals surface area contributed by atoms with Crippen molar-refractivity contribution < 1.29 is 19.0 Å². The minimum Gasteiger partial charge on any atom is -0.462 e. The molecule has 0 unspecified atom stereocenters. The summed E-state index contributed by atoms with van der Waals surface area (Å²) in [5.74, 6) is 2.08. The van der Waals surface area contributed by atoms with E-state index in [4.69, 9.17) is 13.9 Å². The maximum absolute atomic E-state index is 10.7. The van der Waals surface area contributed by atoms with E-state index in [1.54, 1.807) is 7.11 Å². The smallest absolute Gasteiger partial charge is 0.129 e. The third-order valence-electron chi connectivity index (χ3n) is 5.35. The van der Waals surface area contributed by atoms with Gasteiger partial charge < -0.3 is 19.0 Å². The summed E-state index contributed by atoms with van der Waals surface area (Å²) in [6.07, 6.45) is 0.400. The Morgan fingerprint density at radius 2 is 2.00 bits per heavy atom. The molecule has 5 nitrogen and oxygen atoms in total. The van der Waals surface area contributed by atoms with Gasteiger partial charge in [0, 0.05) is 26.1 Å². The summed E-state index contributed by atoms with van der Waals surface area (Å²) in [6.45, 7) is 3.18. The van der Waals surface area contributed by atoms with Crippen molar-refractivity contribution in [3.05, 3.63) is 59.5 Å². The van der Waals surface area contributed by atoms with Crippen molar-refractivity contribution in [3.8, 4) is 0 Å². The van der Waals surface area contributed by atoms with Crippen LogP contribution in [0.1, 0.15) is 29.4 Å². The van der Waals surface area contributed by atoms with Gasteiger partial charge >= 0.3 is 0 Å². The zero-order valence-corrected chi connectivity index (χ0v) is 14.6. The molecule has 1 aromatic heterocycles. The van der Waals surface area contributed by atoms with Gasteiger partial charge in [-0.25, -0.2) is 0 Å². The number of methoxy groups -OCH3 is 1. The average molecular weight is 343 g/mol. The Hall–Kier alpha value is -1.66. The van der Waals surface area contributed by atoms with E-state index >= 15 is 0 Å². The highest BCUT2D eigenvalue weighted by Crippen LogP contribution is 2.42. The number of aliphatic hydroxyl groups is 1. The number of furan rings is 1. The van der Waals surface area contributed by atoms with Crippen molar-refractivity contribution in [2.75, 3.05) is 26.8 Å². The molecule has 2 aliphatic heterocycles. The molecule has 2 aliphatic rings. The molecule has 0 radical (unpaired) electrons. The van der Waals surface area contributed by atoms with Crippen LogP contribution in [0.25, 0.3) is 0 Å². The van der Waals surface area contributed by atoms with Gasteiger partial charge in [0.05, 0.1) is 19.3 Å². The molecule has 0 saturated carbocycles. The van der Waals surface area contributed by atoms with Gasteiger partial charge in [-0.2, -0.15) is 0 Å². The Bertz CT molecular complexity index is 701. The maximum atomic E-state index is 10.7. The van der Waals surface area contributed by atoms with Crippen LogP contribution in [0.3, 0.4) is 0 Å². The van der Waals surface area contributed by atoms with Crippen molar-refractivity contribution in [1.82, 2.24) is 4.90 Å². The Morgan fingerprint density at radius 3 is 2.80 bits per heavy atom. The first-order valence-corrected chi connectivity index (χ1v) is 8.84. The predicted molar refractivity (Wildman–Crippen MR) is 93.2 cm³/mol. The van der Waals surface area contributed by atoms with Gasteiger partial charge in [0.1, 0.15) is 23.7 Å². The molecule has 1 N–H and O–H groups in total. The van der Waals surface area contributed by atoms with Crippen LogP contribution in [-0.4, -0.2) is 48.5 Å². The number of benzene rings is 1. The minimum atomic E-state index is -0.463. The molecular weight excluding hydrogens is 318 g/mol. The lowest BCUT2D eigenvalue weighted by molar-refractivity contribution is -0.0595. The highest BCUT2D eigenvalue weighted by molar-refractivity contribution is 5.23. The lowest BCUT2D eigenvalue weighted by atomic mass is 9.87. The fourth-order valence-corrected chi connectivity index (χ4v) is 4.11. The fourth-order valence-electron chi connectivity index (χ4n) is 4.11. The zero-order valence-electron chi connectivity index (χ0n) is 14.6. The molecule has 2 fully saturated rings. The summed E-state index contributed by atoms with van der Waals surface area (Å²) < 4.78 is 17.0. The summed E-state index contributed by atoms with van der Waals surface area (Å²) in [7, 11) is 1.66. The lowest BCUT2D eigenvalue weighted by Crippen LogP contribution is -2.41. The second kappa shape index (κ2) is 6.92. The van der Waals surface area contributed by atoms with Crippen molar-refractivity contribution in [2.45, 2.75) is 37.2 Å². The van der Waals surface area contributed by atoms with Crippen LogP contribution in [0.4, 0.5) is 0 Å². The molecule has 0 aliphatic carbocycles. The predicted octanol–water partition coefficient (Wildman–Crippen LogP) is 2.55. The minimum absolute atomic E-state index is 0.354. The number of β-amino-alcohol motifs (C(OH)–C–C–N with tert-alkyl or cyclic N) is 1. The van der Waals surface area contributed by atoms with Crippen LogP contribution in [0.15, 0.2) is 46.9 Å². The van der Waals surface area contributed by atoms with Gasteiger partial charge in [0.25, 0.3) is 0 Å². The Morgan fingerprint density at radius 1 is 1.20 bits per heavy atom. The number of rotatable bonds is 5. The number of aliphatic hydroxyl groups excluding tert-OH is 1. The number of nitrogens with zero attached hydrogens (tertiary/aromatic N) is 1. The van der Waals surface area contributed by atoms with Gasteiger partial charge in [-0.1, -0.05) is 30.3 Å². The summed E-state index contributed by atoms with van der Waals surface area (Å²) in [5, 5.41) is 10.7. The zero-order chi connectivity index (χ0) is 17.3. The quantitative estimate of drug-likeness (QED) is 0.904. The second-order valence-electron chi connectivity index (χ2n) is 7.17. The molecule has 2 saturated heterocycles. The summed E-state index contributed by atoms with van der Waals surface area (Å²) in [5.41, 5.74) is 0.836. The van der Waals surface area contributed by atoms with Crippen molar-refractivity contribution >= 4 is 0 Å². The first-order valence-electron chi connectivity index (χ1n) is 8.84. The van der Waals surface area contributed by atoms with Gasteiger partial charge in [-0.3, -0.25) is 4.90 Å². The van der Waals surface area contributed by atoms with Crippen LogP contribution in [-0.2, 0) is 22.6 Å². The first-order chi connectivity index (χ1) is 12.2. The molecule has 2 aromatic rings. The van der Waals surface area contributed by atoms with Crippen molar-refractivity contribution in [1.29, 1.82) is 0 Å². The molecule has 0 amide bonds. The van der Waals surface area contributed by atoms with E-state index in [1.165, 1.54) is 5.56 Å². The highest BCUT2D eigenvalue weighted by Gasteiger charge is 2.52. The number of likely N-dealkylation sites (tertiary alicyclic amines) is 1. The van der Waals surface area contributed by atoms with Crippen LogP contribution in [0.2, 0.25) is 0 Å². The largest absolute Gasteiger partial charge is 0.462 e. The third kappa shape index (κ3) is 3.37. The first kappa shape index (κ1) is 16.8. The molecule has 25 heavy (non-hydrogen) atoms. The van der Waals surface area contributed by atoms with Crippen LogP contribution >= 0.6 is 0 Å². The molecule has 134 valence electrons. The van der Waals surface area contributed by atoms with E-state index in [-0.39, 0.29) is 0 Å². The normalized spacial score (nSPS) is 29.7. The standard InChI is InChI=1S/C20H25NO4/c1-23-13-18-8-7-17(25-18)10-21-11-19(22)20(14-21)9-16(12-24-20)15-5-3-2-4-6-15/h2-8,16,19,22H,9-14H2,1H3/t16-,19+,20+/m0/s1. The topological polar surface area (TPSA) is 55.1 Å². The molecule has 1 spiro atoms. The van der Waals surface area contributed by atoms with E-state index in [9.17, 15) is 5.11 Å². The van der Waals surface area contributed by atoms with Gasteiger partial charge in [-0.05, 0) is 24.1 Å². The van der Waals surface area contributed by atoms with E-state index in [0.717, 1.165) is 24.5 Å². The Balaban J connectivity index is 1.41. The van der Waals surface area contributed by atoms with Gasteiger partial charge in [0.2, 0.25) is 0 Å². The molecule has 0 bridgehead atoms.